The predicted molar refractivity (Wildman–Crippen MR) is 135 cm³/mol. The predicted octanol–water partition coefficient (Wildman–Crippen LogP) is 6.72. The molecular weight excluding hydrogens is 436 g/mol. The molecule has 0 atom stereocenters. The third-order valence-corrected chi connectivity index (χ3v) is 7.28. The van der Waals surface area contributed by atoms with E-state index in [9.17, 15) is 4.79 Å². The Morgan fingerprint density at radius 1 is 1.06 bits per heavy atom. The second-order valence-corrected chi connectivity index (χ2v) is 9.74. The zero-order valence-electron chi connectivity index (χ0n) is 18.3. The number of rotatable bonds is 9. The molecule has 4 rings (SSSR count). The monoisotopic (exact) mass is 462 g/mol. The van der Waals surface area contributed by atoms with Gasteiger partial charge < -0.3 is 4.74 Å². The first-order valence-electron chi connectivity index (χ1n) is 10.6. The van der Waals surface area contributed by atoms with Gasteiger partial charge >= 0.3 is 0 Å². The molecule has 0 radical (unpaired) electrons. The number of anilines is 1. The number of benzene rings is 3. The number of methoxy groups -OCH3 is 1. The Balaban J connectivity index is 1.47. The molecule has 0 saturated carbocycles. The Morgan fingerprint density at radius 2 is 1.84 bits per heavy atom. The summed E-state index contributed by atoms with van der Waals surface area (Å²) < 4.78 is 6.37. The Morgan fingerprint density at radius 3 is 2.59 bits per heavy atom. The van der Waals surface area contributed by atoms with Crippen LogP contribution in [0.4, 0.5) is 5.13 Å². The third kappa shape index (κ3) is 5.69. The molecule has 4 aromatic rings. The van der Waals surface area contributed by atoms with Crippen molar-refractivity contribution in [3.63, 3.8) is 0 Å². The smallest absolute Gasteiger partial charge is 0.229 e. The van der Waals surface area contributed by atoms with Gasteiger partial charge in [-0.1, -0.05) is 59.4 Å². The van der Waals surface area contributed by atoms with Gasteiger partial charge in [0.25, 0.3) is 0 Å². The molecule has 0 unspecified atom stereocenters. The van der Waals surface area contributed by atoms with E-state index in [0.717, 1.165) is 38.8 Å². The van der Waals surface area contributed by atoms with E-state index in [1.165, 1.54) is 10.5 Å². The number of carbonyl (C=O) groups excluding carboxylic acids is 1. The van der Waals surface area contributed by atoms with E-state index in [0.29, 0.717) is 13.0 Å². The molecule has 0 bridgehead atoms. The fourth-order valence-electron chi connectivity index (χ4n) is 3.35. The minimum atomic E-state index is 0.101. The van der Waals surface area contributed by atoms with Crippen molar-refractivity contribution in [3.05, 3.63) is 83.9 Å². The van der Waals surface area contributed by atoms with Crippen LogP contribution in [0.3, 0.4) is 0 Å². The molecule has 1 aromatic heterocycles. The molecule has 32 heavy (non-hydrogen) atoms. The number of ether oxygens (including phenoxy) is 1. The lowest BCUT2D eigenvalue weighted by molar-refractivity contribution is -0.118. The average molecular weight is 463 g/mol. The number of amides is 1. The van der Waals surface area contributed by atoms with Crippen LogP contribution in [0.25, 0.3) is 10.2 Å². The van der Waals surface area contributed by atoms with Crippen LogP contribution in [0.15, 0.2) is 77.7 Å². The van der Waals surface area contributed by atoms with Crippen LogP contribution in [0.1, 0.15) is 24.0 Å². The van der Waals surface area contributed by atoms with Gasteiger partial charge in [-0.3, -0.25) is 9.69 Å². The maximum Gasteiger partial charge on any atom is 0.229 e. The Kier molecular flexibility index (Phi) is 7.45. The van der Waals surface area contributed by atoms with Crippen molar-refractivity contribution in [2.45, 2.75) is 31.2 Å². The van der Waals surface area contributed by atoms with Crippen LogP contribution in [0, 0.1) is 6.92 Å². The van der Waals surface area contributed by atoms with Gasteiger partial charge in [-0.05, 0) is 48.9 Å². The second kappa shape index (κ2) is 10.7. The summed E-state index contributed by atoms with van der Waals surface area (Å²) in [6, 6.07) is 24.4. The van der Waals surface area contributed by atoms with E-state index in [1.54, 1.807) is 30.2 Å². The molecule has 0 aliphatic heterocycles. The van der Waals surface area contributed by atoms with E-state index in [2.05, 4.69) is 31.2 Å². The summed E-state index contributed by atoms with van der Waals surface area (Å²) in [4.78, 5) is 21.1. The SMILES string of the molecule is COc1ccc2sc(N(Cc3ccccc3)C(=O)CCCSc3ccc(C)cc3)nc2c1. The highest BCUT2D eigenvalue weighted by Crippen LogP contribution is 2.32. The van der Waals surface area contributed by atoms with Crippen molar-refractivity contribution in [3.8, 4) is 5.75 Å². The molecule has 1 amide bonds. The van der Waals surface area contributed by atoms with Gasteiger partial charge in [0.1, 0.15) is 5.75 Å². The van der Waals surface area contributed by atoms with Crippen LogP contribution in [-0.4, -0.2) is 23.8 Å². The summed E-state index contributed by atoms with van der Waals surface area (Å²) in [5.41, 5.74) is 3.20. The van der Waals surface area contributed by atoms with Gasteiger partial charge in [0.05, 0.1) is 23.9 Å². The zero-order valence-corrected chi connectivity index (χ0v) is 19.9. The highest BCUT2D eigenvalue weighted by Gasteiger charge is 2.20. The molecule has 164 valence electrons. The molecule has 0 aliphatic carbocycles. The van der Waals surface area contributed by atoms with E-state index in [1.807, 2.05) is 53.4 Å². The minimum Gasteiger partial charge on any atom is -0.497 e. The summed E-state index contributed by atoms with van der Waals surface area (Å²) in [5.74, 6) is 1.78. The lowest BCUT2D eigenvalue weighted by Gasteiger charge is -2.20. The molecular formula is C26H26N2O2S2. The van der Waals surface area contributed by atoms with Gasteiger partial charge in [0.2, 0.25) is 5.91 Å². The van der Waals surface area contributed by atoms with Crippen LogP contribution >= 0.6 is 23.1 Å². The Hall–Kier alpha value is -2.83. The van der Waals surface area contributed by atoms with Crippen molar-refractivity contribution < 1.29 is 9.53 Å². The second-order valence-electron chi connectivity index (χ2n) is 7.56. The number of carbonyl (C=O) groups is 1. The van der Waals surface area contributed by atoms with Crippen molar-refractivity contribution >= 4 is 44.4 Å². The highest BCUT2D eigenvalue weighted by atomic mass is 32.2. The number of nitrogens with zero attached hydrogens (tertiary/aromatic N) is 2. The van der Waals surface area contributed by atoms with Crippen molar-refractivity contribution in [2.24, 2.45) is 0 Å². The molecule has 1 heterocycles. The van der Waals surface area contributed by atoms with Gasteiger partial charge in [0.15, 0.2) is 5.13 Å². The first-order valence-corrected chi connectivity index (χ1v) is 12.4. The van der Waals surface area contributed by atoms with E-state index in [-0.39, 0.29) is 5.91 Å². The summed E-state index contributed by atoms with van der Waals surface area (Å²) >= 11 is 3.34. The standard InChI is InChI=1S/C26H26N2O2S2/c1-19-10-13-22(14-11-19)31-16-6-9-25(29)28(18-20-7-4-3-5-8-20)26-27-23-17-21(30-2)12-15-24(23)32-26/h3-5,7-8,10-15,17H,6,9,16,18H2,1-2H3. The summed E-state index contributed by atoms with van der Waals surface area (Å²) in [5, 5.41) is 0.730. The van der Waals surface area contributed by atoms with Crippen LogP contribution in [0.2, 0.25) is 0 Å². The van der Waals surface area contributed by atoms with Gasteiger partial charge in [-0.2, -0.15) is 0 Å². The summed E-state index contributed by atoms with van der Waals surface area (Å²) in [6.45, 7) is 2.61. The van der Waals surface area contributed by atoms with Crippen LogP contribution in [0.5, 0.6) is 5.75 Å². The fourth-order valence-corrected chi connectivity index (χ4v) is 5.16. The lowest BCUT2D eigenvalue weighted by Crippen LogP contribution is -2.30. The van der Waals surface area contributed by atoms with Crippen LogP contribution < -0.4 is 9.64 Å². The molecule has 3 aromatic carbocycles. The number of hydrogen-bond donors (Lipinski definition) is 0. The topological polar surface area (TPSA) is 42.4 Å². The first-order chi connectivity index (χ1) is 15.6. The highest BCUT2D eigenvalue weighted by molar-refractivity contribution is 7.99. The minimum absolute atomic E-state index is 0.101. The van der Waals surface area contributed by atoms with Crippen LogP contribution in [-0.2, 0) is 11.3 Å². The Labute approximate surface area is 197 Å². The molecule has 0 spiro atoms. The molecule has 0 N–H and O–H groups in total. The summed E-state index contributed by atoms with van der Waals surface area (Å²) in [7, 11) is 1.65. The number of thioether (sulfide) groups is 1. The quantitative estimate of drug-likeness (QED) is 0.205. The maximum atomic E-state index is 13.3. The number of aromatic nitrogens is 1. The summed E-state index contributed by atoms with van der Waals surface area (Å²) in [6.07, 6.45) is 1.31. The van der Waals surface area contributed by atoms with E-state index >= 15 is 0 Å². The molecule has 6 heteroatoms. The van der Waals surface area contributed by atoms with Crippen molar-refractivity contribution in [1.29, 1.82) is 0 Å². The first kappa shape index (κ1) is 22.4. The fraction of sp³-hybridized carbons (Fsp3) is 0.231. The zero-order chi connectivity index (χ0) is 22.3. The number of aryl methyl sites for hydroxylation is 1. The van der Waals surface area contributed by atoms with E-state index in [4.69, 9.17) is 9.72 Å². The van der Waals surface area contributed by atoms with Gasteiger partial charge in [-0.25, -0.2) is 4.98 Å². The number of hydrogen-bond acceptors (Lipinski definition) is 5. The molecule has 4 nitrogen and oxygen atoms in total. The number of fused-ring (bicyclic) bond motifs is 1. The maximum absolute atomic E-state index is 13.3. The van der Waals surface area contributed by atoms with Crippen molar-refractivity contribution in [1.82, 2.24) is 4.98 Å². The Bertz CT molecular complexity index is 1170. The van der Waals surface area contributed by atoms with Gasteiger partial charge in [-0.15, -0.1) is 11.8 Å². The third-order valence-electron chi connectivity index (χ3n) is 5.12. The average Bonchev–Trinajstić information content (AvgIpc) is 3.25. The normalized spacial score (nSPS) is 10.9. The molecule has 0 saturated heterocycles. The van der Waals surface area contributed by atoms with Gasteiger partial charge in [0, 0.05) is 17.4 Å². The van der Waals surface area contributed by atoms with Crippen molar-refractivity contribution in [2.75, 3.05) is 17.8 Å². The van der Waals surface area contributed by atoms with E-state index < -0.39 is 0 Å². The number of thiazole rings is 1. The molecule has 0 aliphatic rings. The molecule has 0 fully saturated rings. The largest absolute Gasteiger partial charge is 0.497 e. The lowest BCUT2D eigenvalue weighted by atomic mass is 10.2.